The molecule has 1 aliphatic carbocycles. The molecule has 3 N–H and O–H groups in total. The molecule has 0 saturated carbocycles. The van der Waals surface area contributed by atoms with Crippen LogP contribution in [0.25, 0.3) is 0 Å². The standard InChI is InChI=1S/C8H13NO2/c9-7(8(10)11)5-6-3-1-2-4-6/h1,3,6-7H,2,4-5,9H2,(H,10,11). The number of rotatable bonds is 3. The number of hydrogen-bond acceptors (Lipinski definition) is 2. The summed E-state index contributed by atoms with van der Waals surface area (Å²) in [6.07, 6.45) is 6.84. The van der Waals surface area contributed by atoms with E-state index in [1.807, 2.05) is 0 Å². The predicted octanol–water partition coefficient (Wildman–Crippen LogP) is 0.755. The minimum atomic E-state index is -0.898. The molecule has 0 amide bonds. The molecular weight excluding hydrogens is 142 g/mol. The van der Waals surface area contributed by atoms with Crippen molar-refractivity contribution in [3.8, 4) is 0 Å². The molecule has 11 heavy (non-hydrogen) atoms. The first-order valence-electron chi connectivity index (χ1n) is 3.85. The van der Waals surface area contributed by atoms with E-state index in [-0.39, 0.29) is 0 Å². The Kier molecular flexibility index (Phi) is 2.65. The van der Waals surface area contributed by atoms with Crippen LogP contribution in [-0.2, 0) is 4.79 Å². The van der Waals surface area contributed by atoms with Crippen LogP contribution in [-0.4, -0.2) is 17.1 Å². The number of carboxylic acid groups (broad SMARTS) is 1. The van der Waals surface area contributed by atoms with Crippen molar-refractivity contribution in [3.63, 3.8) is 0 Å². The predicted molar refractivity (Wildman–Crippen MR) is 42.1 cm³/mol. The van der Waals surface area contributed by atoms with Gasteiger partial charge in [-0.15, -0.1) is 0 Å². The number of carbonyl (C=O) groups is 1. The zero-order valence-electron chi connectivity index (χ0n) is 6.36. The second-order valence-electron chi connectivity index (χ2n) is 2.95. The monoisotopic (exact) mass is 155 g/mol. The summed E-state index contributed by atoms with van der Waals surface area (Å²) in [6.45, 7) is 0. The van der Waals surface area contributed by atoms with Gasteiger partial charge in [-0.3, -0.25) is 4.79 Å². The molecule has 3 heteroatoms. The highest BCUT2D eigenvalue weighted by molar-refractivity contribution is 5.73. The molecule has 0 spiro atoms. The molecule has 1 rings (SSSR count). The van der Waals surface area contributed by atoms with E-state index in [0.29, 0.717) is 12.3 Å². The Balaban J connectivity index is 2.29. The van der Waals surface area contributed by atoms with Crippen LogP contribution >= 0.6 is 0 Å². The fraction of sp³-hybridized carbons (Fsp3) is 0.625. The van der Waals surface area contributed by atoms with E-state index in [2.05, 4.69) is 12.2 Å². The number of nitrogens with two attached hydrogens (primary N) is 1. The van der Waals surface area contributed by atoms with Crippen LogP contribution in [0.4, 0.5) is 0 Å². The number of allylic oxidation sites excluding steroid dienone is 2. The Hall–Kier alpha value is -0.830. The van der Waals surface area contributed by atoms with Crippen LogP contribution in [0.15, 0.2) is 12.2 Å². The Morgan fingerprint density at radius 1 is 1.82 bits per heavy atom. The summed E-state index contributed by atoms with van der Waals surface area (Å²) < 4.78 is 0. The van der Waals surface area contributed by atoms with E-state index >= 15 is 0 Å². The van der Waals surface area contributed by atoms with Gasteiger partial charge in [0.25, 0.3) is 0 Å². The number of aliphatic carboxylic acids is 1. The van der Waals surface area contributed by atoms with Gasteiger partial charge in [0.1, 0.15) is 6.04 Å². The average Bonchev–Trinajstić information content (AvgIpc) is 2.39. The third-order valence-electron chi connectivity index (χ3n) is 1.99. The third-order valence-corrected chi connectivity index (χ3v) is 1.99. The maximum absolute atomic E-state index is 10.3. The van der Waals surface area contributed by atoms with Gasteiger partial charge < -0.3 is 10.8 Å². The molecule has 0 aliphatic heterocycles. The first kappa shape index (κ1) is 8.27. The minimum Gasteiger partial charge on any atom is -0.480 e. The summed E-state index contributed by atoms with van der Waals surface area (Å²) in [4.78, 5) is 10.3. The van der Waals surface area contributed by atoms with Crippen LogP contribution in [0.2, 0.25) is 0 Å². The summed E-state index contributed by atoms with van der Waals surface area (Å²) >= 11 is 0. The first-order chi connectivity index (χ1) is 5.20. The SMILES string of the molecule is NC(CC1C=CCC1)C(=O)O. The highest BCUT2D eigenvalue weighted by Crippen LogP contribution is 2.21. The van der Waals surface area contributed by atoms with Crippen LogP contribution in [0, 0.1) is 5.92 Å². The Morgan fingerprint density at radius 2 is 2.55 bits per heavy atom. The first-order valence-corrected chi connectivity index (χ1v) is 3.85. The summed E-state index contributed by atoms with van der Waals surface area (Å²) in [5.41, 5.74) is 5.36. The molecule has 0 aromatic heterocycles. The lowest BCUT2D eigenvalue weighted by Crippen LogP contribution is -2.31. The highest BCUT2D eigenvalue weighted by Gasteiger charge is 2.18. The second-order valence-corrected chi connectivity index (χ2v) is 2.95. The fourth-order valence-corrected chi connectivity index (χ4v) is 1.32. The van der Waals surface area contributed by atoms with Gasteiger partial charge in [-0.2, -0.15) is 0 Å². The summed E-state index contributed by atoms with van der Waals surface area (Å²) in [7, 11) is 0. The molecule has 0 radical (unpaired) electrons. The summed E-state index contributed by atoms with van der Waals surface area (Å²) in [5.74, 6) is -0.508. The van der Waals surface area contributed by atoms with Crippen LogP contribution < -0.4 is 5.73 Å². The smallest absolute Gasteiger partial charge is 0.320 e. The van der Waals surface area contributed by atoms with E-state index in [1.54, 1.807) is 0 Å². The molecule has 3 nitrogen and oxygen atoms in total. The Labute approximate surface area is 65.9 Å². The Bertz CT molecular complexity index is 177. The maximum Gasteiger partial charge on any atom is 0.320 e. The number of hydrogen-bond donors (Lipinski definition) is 2. The van der Waals surface area contributed by atoms with Crippen LogP contribution in [0.5, 0.6) is 0 Å². The number of carboxylic acids is 1. The van der Waals surface area contributed by atoms with Crippen molar-refractivity contribution in [2.24, 2.45) is 11.7 Å². The second kappa shape index (κ2) is 3.53. The van der Waals surface area contributed by atoms with Crippen molar-refractivity contribution >= 4 is 5.97 Å². The highest BCUT2D eigenvalue weighted by atomic mass is 16.4. The largest absolute Gasteiger partial charge is 0.480 e. The van der Waals surface area contributed by atoms with Gasteiger partial charge in [0.05, 0.1) is 0 Å². The molecule has 0 bridgehead atoms. The van der Waals surface area contributed by atoms with Gasteiger partial charge >= 0.3 is 5.97 Å². The minimum absolute atomic E-state index is 0.390. The van der Waals surface area contributed by atoms with E-state index in [4.69, 9.17) is 10.8 Å². The lowest BCUT2D eigenvalue weighted by atomic mass is 10.0. The summed E-state index contributed by atoms with van der Waals surface area (Å²) in [5, 5.41) is 8.49. The van der Waals surface area contributed by atoms with E-state index in [9.17, 15) is 4.79 Å². The normalized spacial score (nSPS) is 25.4. The van der Waals surface area contributed by atoms with Crippen molar-refractivity contribution in [2.75, 3.05) is 0 Å². The molecule has 0 heterocycles. The molecule has 0 fully saturated rings. The molecule has 0 aromatic carbocycles. The van der Waals surface area contributed by atoms with E-state index in [0.717, 1.165) is 12.8 Å². The molecule has 62 valence electrons. The molecule has 0 saturated heterocycles. The van der Waals surface area contributed by atoms with Gasteiger partial charge in [0, 0.05) is 0 Å². The molecule has 2 atom stereocenters. The zero-order chi connectivity index (χ0) is 8.27. The van der Waals surface area contributed by atoms with Gasteiger partial charge in [-0.05, 0) is 25.2 Å². The van der Waals surface area contributed by atoms with Crippen LogP contribution in [0.3, 0.4) is 0 Å². The van der Waals surface area contributed by atoms with Crippen molar-refractivity contribution in [2.45, 2.75) is 25.3 Å². The zero-order valence-corrected chi connectivity index (χ0v) is 6.36. The van der Waals surface area contributed by atoms with Gasteiger partial charge in [0.2, 0.25) is 0 Å². The third kappa shape index (κ3) is 2.35. The topological polar surface area (TPSA) is 63.3 Å². The molecule has 0 aromatic rings. The Morgan fingerprint density at radius 3 is 3.00 bits per heavy atom. The maximum atomic E-state index is 10.3. The summed E-state index contributed by atoms with van der Waals surface area (Å²) in [6, 6.07) is -0.692. The van der Waals surface area contributed by atoms with E-state index < -0.39 is 12.0 Å². The fourth-order valence-electron chi connectivity index (χ4n) is 1.32. The van der Waals surface area contributed by atoms with Crippen molar-refractivity contribution in [1.82, 2.24) is 0 Å². The van der Waals surface area contributed by atoms with Gasteiger partial charge in [-0.25, -0.2) is 0 Å². The van der Waals surface area contributed by atoms with Gasteiger partial charge in [0.15, 0.2) is 0 Å². The lowest BCUT2D eigenvalue weighted by molar-refractivity contribution is -0.138. The molecular formula is C8H13NO2. The van der Waals surface area contributed by atoms with E-state index in [1.165, 1.54) is 0 Å². The van der Waals surface area contributed by atoms with Crippen molar-refractivity contribution < 1.29 is 9.90 Å². The van der Waals surface area contributed by atoms with Crippen LogP contribution in [0.1, 0.15) is 19.3 Å². The van der Waals surface area contributed by atoms with Crippen molar-refractivity contribution in [1.29, 1.82) is 0 Å². The molecule has 1 aliphatic rings. The average molecular weight is 155 g/mol. The molecule has 2 unspecified atom stereocenters. The lowest BCUT2D eigenvalue weighted by Gasteiger charge is -2.10. The quantitative estimate of drug-likeness (QED) is 0.591. The van der Waals surface area contributed by atoms with Gasteiger partial charge in [-0.1, -0.05) is 12.2 Å². The van der Waals surface area contributed by atoms with Crippen molar-refractivity contribution in [3.05, 3.63) is 12.2 Å².